The Morgan fingerprint density at radius 2 is 2.07 bits per heavy atom. The second kappa shape index (κ2) is 3.73. The highest BCUT2D eigenvalue weighted by Gasteiger charge is 2.61. The molecule has 3 N–H and O–H groups in total. The zero-order valence-electron chi connectivity index (χ0n) is 8.12. The van der Waals surface area contributed by atoms with Gasteiger partial charge in [-0.3, -0.25) is 4.99 Å². The fraction of sp³-hybridized carbons (Fsp3) is 0.625. The third-order valence-corrected chi connectivity index (χ3v) is 2.23. The normalized spacial score (nSPS) is 21.9. The molecule has 0 radical (unpaired) electrons. The first kappa shape index (κ1) is 11.8. The number of nitrogens with zero attached hydrogens (tertiary/aromatic N) is 2. The first-order valence-electron chi connectivity index (χ1n) is 4.22. The number of nitrogens with two attached hydrogens (primary N) is 1. The minimum Gasteiger partial charge on any atom is -0.403 e. The van der Waals surface area contributed by atoms with Gasteiger partial charge in [0.05, 0.1) is 18.8 Å². The molecule has 0 aromatic rings. The molecule has 0 aliphatic carbocycles. The van der Waals surface area contributed by atoms with Crippen molar-refractivity contribution in [3.63, 3.8) is 0 Å². The molecule has 0 bridgehead atoms. The van der Waals surface area contributed by atoms with E-state index in [1.807, 2.05) is 0 Å². The molecule has 0 saturated carbocycles. The molecule has 1 rings (SSSR count). The summed E-state index contributed by atoms with van der Waals surface area (Å²) < 4.78 is 36.8. The molecular formula is C8H12F3N3O. The predicted molar refractivity (Wildman–Crippen MR) is 49.3 cm³/mol. The number of allylic oxidation sites excluding steroid dienone is 1. The van der Waals surface area contributed by atoms with Crippen LogP contribution in [0.15, 0.2) is 16.9 Å². The van der Waals surface area contributed by atoms with Crippen molar-refractivity contribution in [2.24, 2.45) is 10.7 Å². The summed E-state index contributed by atoms with van der Waals surface area (Å²) in [6.07, 6.45) is -2.11. The lowest BCUT2D eigenvalue weighted by atomic mass is 9.93. The molecule has 7 heteroatoms. The molecule has 0 atom stereocenters. The van der Waals surface area contributed by atoms with Crippen LogP contribution in [0.5, 0.6) is 0 Å². The second-order valence-corrected chi connectivity index (χ2v) is 3.36. The number of rotatable bonds is 2. The maximum atomic E-state index is 12.3. The van der Waals surface area contributed by atoms with Crippen molar-refractivity contribution >= 4 is 6.21 Å². The van der Waals surface area contributed by atoms with E-state index < -0.39 is 24.9 Å². The van der Waals surface area contributed by atoms with Crippen LogP contribution in [-0.2, 0) is 0 Å². The standard InChI is InChI=1S/C8H12F3N3O/c1-13-3-6(2-12)14-4-7(15,5-14)8(9,10)11/h2-3,15H,4-5,12H2,1H3. The topological polar surface area (TPSA) is 61.8 Å². The third kappa shape index (κ3) is 2.06. The molecule has 1 heterocycles. The van der Waals surface area contributed by atoms with Gasteiger partial charge in [0.25, 0.3) is 0 Å². The van der Waals surface area contributed by atoms with Gasteiger partial charge >= 0.3 is 6.18 Å². The van der Waals surface area contributed by atoms with E-state index in [1.165, 1.54) is 18.2 Å². The van der Waals surface area contributed by atoms with Crippen molar-refractivity contribution in [1.29, 1.82) is 0 Å². The van der Waals surface area contributed by atoms with Crippen LogP contribution in [-0.4, -0.2) is 48.1 Å². The van der Waals surface area contributed by atoms with E-state index in [9.17, 15) is 13.2 Å². The number of aliphatic hydroxyl groups is 1. The summed E-state index contributed by atoms with van der Waals surface area (Å²) in [5, 5.41) is 9.15. The molecule has 1 aliphatic heterocycles. The first-order chi connectivity index (χ1) is 6.84. The van der Waals surface area contributed by atoms with Gasteiger partial charge in [-0.1, -0.05) is 0 Å². The highest BCUT2D eigenvalue weighted by Crippen LogP contribution is 2.38. The number of hydrogen-bond donors (Lipinski definition) is 2. The van der Waals surface area contributed by atoms with Gasteiger partial charge in [0.1, 0.15) is 0 Å². The summed E-state index contributed by atoms with van der Waals surface area (Å²) >= 11 is 0. The Kier molecular flexibility index (Phi) is 2.94. The largest absolute Gasteiger partial charge is 0.420 e. The number of aliphatic imine (C=N–C) groups is 1. The van der Waals surface area contributed by atoms with Crippen LogP contribution >= 0.6 is 0 Å². The van der Waals surface area contributed by atoms with Gasteiger partial charge in [-0.05, 0) is 0 Å². The van der Waals surface area contributed by atoms with Gasteiger partial charge in [-0.15, -0.1) is 0 Å². The number of halogens is 3. The number of likely N-dealkylation sites (tertiary alicyclic amines) is 1. The Morgan fingerprint density at radius 1 is 1.53 bits per heavy atom. The SMILES string of the molecule is CN=CC(=CN)N1CC(O)(C(F)(F)F)C1. The Labute approximate surface area is 84.9 Å². The van der Waals surface area contributed by atoms with Gasteiger partial charge in [0.15, 0.2) is 5.60 Å². The van der Waals surface area contributed by atoms with Crippen LogP contribution in [0.4, 0.5) is 13.2 Å². The second-order valence-electron chi connectivity index (χ2n) is 3.36. The van der Waals surface area contributed by atoms with Gasteiger partial charge in [0.2, 0.25) is 0 Å². The summed E-state index contributed by atoms with van der Waals surface area (Å²) in [7, 11) is 1.49. The monoisotopic (exact) mass is 223 g/mol. The maximum absolute atomic E-state index is 12.3. The van der Waals surface area contributed by atoms with Crippen molar-refractivity contribution in [3.05, 3.63) is 11.9 Å². The zero-order chi connectivity index (χ0) is 11.7. The van der Waals surface area contributed by atoms with Gasteiger partial charge in [-0.2, -0.15) is 13.2 Å². The smallest absolute Gasteiger partial charge is 0.403 e. The summed E-state index contributed by atoms with van der Waals surface area (Å²) in [6, 6.07) is 0. The quantitative estimate of drug-likeness (QED) is 0.652. The Morgan fingerprint density at radius 3 is 2.40 bits per heavy atom. The van der Waals surface area contributed by atoms with E-state index in [-0.39, 0.29) is 0 Å². The van der Waals surface area contributed by atoms with Gasteiger partial charge in [0, 0.05) is 19.5 Å². The molecule has 1 saturated heterocycles. The molecule has 0 amide bonds. The van der Waals surface area contributed by atoms with E-state index in [1.54, 1.807) is 0 Å². The van der Waals surface area contributed by atoms with E-state index in [0.29, 0.717) is 5.70 Å². The van der Waals surface area contributed by atoms with E-state index in [4.69, 9.17) is 10.8 Å². The molecular weight excluding hydrogens is 211 g/mol. The van der Waals surface area contributed by atoms with E-state index in [2.05, 4.69) is 4.99 Å². The molecule has 1 aliphatic rings. The lowest BCUT2D eigenvalue weighted by Gasteiger charge is -2.48. The zero-order valence-corrected chi connectivity index (χ0v) is 8.12. The fourth-order valence-electron chi connectivity index (χ4n) is 1.31. The molecule has 0 unspecified atom stereocenters. The van der Waals surface area contributed by atoms with Crippen molar-refractivity contribution in [3.8, 4) is 0 Å². The van der Waals surface area contributed by atoms with Crippen LogP contribution in [0.1, 0.15) is 0 Å². The van der Waals surface area contributed by atoms with Gasteiger partial charge in [-0.25, -0.2) is 0 Å². The summed E-state index contributed by atoms with van der Waals surface area (Å²) in [5.74, 6) is 0. The van der Waals surface area contributed by atoms with E-state index >= 15 is 0 Å². The van der Waals surface area contributed by atoms with Crippen molar-refractivity contribution in [2.75, 3.05) is 20.1 Å². The Balaban J connectivity index is 2.64. The highest BCUT2D eigenvalue weighted by molar-refractivity contribution is 5.77. The molecule has 1 fully saturated rings. The van der Waals surface area contributed by atoms with Crippen LogP contribution in [0.25, 0.3) is 0 Å². The number of alkyl halides is 3. The van der Waals surface area contributed by atoms with Crippen LogP contribution in [0.2, 0.25) is 0 Å². The first-order valence-corrected chi connectivity index (χ1v) is 4.22. The van der Waals surface area contributed by atoms with E-state index in [0.717, 1.165) is 6.20 Å². The Hall–Kier alpha value is -1.24. The number of β-amino-alcohol motifs (C(OH)–C–C–N with tert-alkyl or cyclic N) is 1. The van der Waals surface area contributed by atoms with Gasteiger partial charge < -0.3 is 15.7 Å². The summed E-state index contributed by atoms with van der Waals surface area (Å²) in [4.78, 5) is 4.95. The van der Waals surface area contributed by atoms with Crippen LogP contribution < -0.4 is 5.73 Å². The molecule has 86 valence electrons. The molecule has 0 spiro atoms. The van der Waals surface area contributed by atoms with Crippen molar-refractivity contribution < 1.29 is 18.3 Å². The predicted octanol–water partition coefficient (Wildman–Crippen LogP) is 0.0961. The minimum atomic E-state index is -4.60. The lowest BCUT2D eigenvalue weighted by Crippen LogP contribution is -2.68. The molecule has 0 aromatic heterocycles. The molecule has 0 aromatic carbocycles. The minimum absolute atomic E-state index is 0.367. The Bertz CT molecular complexity index is 292. The van der Waals surface area contributed by atoms with Crippen molar-refractivity contribution in [1.82, 2.24) is 4.90 Å². The average molecular weight is 223 g/mol. The summed E-state index contributed by atoms with van der Waals surface area (Å²) in [5.41, 5.74) is 2.95. The molecule has 15 heavy (non-hydrogen) atoms. The number of hydrogen-bond acceptors (Lipinski definition) is 4. The lowest BCUT2D eigenvalue weighted by molar-refractivity contribution is -0.296. The highest BCUT2D eigenvalue weighted by atomic mass is 19.4. The summed E-state index contributed by atoms with van der Waals surface area (Å²) in [6.45, 7) is -1.02. The van der Waals surface area contributed by atoms with Crippen LogP contribution in [0.3, 0.4) is 0 Å². The fourth-order valence-corrected chi connectivity index (χ4v) is 1.31. The van der Waals surface area contributed by atoms with Crippen LogP contribution in [0, 0.1) is 0 Å². The average Bonchev–Trinajstić information content (AvgIpc) is 2.07. The third-order valence-electron chi connectivity index (χ3n) is 2.23. The maximum Gasteiger partial charge on any atom is 0.420 e. The van der Waals surface area contributed by atoms with Crippen molar-refractivity contribution in [2.45, 2.75) is 11.8 Å². The molecule has 4 nitrogen and oxygen atoms in total.